The van der Waals surface area contributed by atoms with Gasteiger partial charge in [0, 0.05) is 6.08 Å². The van der Waals surface area contributed by atoms with Crippen LogP contribution in [-0.4, -0.2) is 26.5 Å². The average molecular weight is 229 g/mol. The number of amides is 1. The molecule has 17 heavy (non-hydrogen) atoms. The Balaban J connectivity index is 1.83. The molecule has 0 aliphatic rings. The van der Waals surface area contributed by atoms with Crippen molar-refractivity contribution < 1.29 is 4.79 Å². The highest BCUT2D eigenvalue weighted by Crippen LogP contribution is 2.00. The minimum Gasteiger partial charge on any atom is -0.345 e. The second kappa shape index (κ2) is 5.55. The second-order valence-electron chi connectivity index (χ2n) is 3.29. The molecule has 0 saturated carbocycles. The first kappa shape index (κ1) is 11.0. The summed E-state index contributed by atoms with van der Waals surface area (Å²) in [4.78, 5) is 11.4. The largest absolute Gasteiger partial charge is 0.345 e. The van der Waals surface area contributed by atoms with Crippen molar-refractivity contribution in [2.45, 2.75) is 6.54 Å². The lowest BCUT2D eigenvalue weighted by Gasteiger charge is -1.96. The predicted octanol–water partition coefficient (Wildman–Crippen LogP) is 0.529. The first-order valence-corrected chi connectivity index (χ1v) is 5.08. The van der Waals surface area contributed by atoms with Gasteiger partial charge in [0.2, 0.25) is 5.91 Å². The quantitative estimate of drug-likeness (QED) is 0.749. The molecule has 0 atom stereocenters. The number of carbonyl (C=O) groups excluding carboxylic acids is 1. The molecule has 0 radical (unpaired) electrons. The van der Waals surface area contributed by atoms with Gasteiger partial charge in [0.25, 0.3) is 0 Å². The Hall–Kier alpha value is -2.50. The van der Waals surface area contributed by atoms with E-state index in [1.807, 2.05) is 30.3 Å². The van der Waals surface area contributed by atoms with E-state index in [9.17, 15) is 4.79 Å². The van der Waals surface area contributed by atoms with Gasteiger partial charge in [-0.05, 0) is 11.6 Å². The standard InChI is InChI=1S/C11H11N5O/c17-11(12-8-10-13-15-16-14-10)7-6-9-4-2-1-3-5-9/h1-7H,8H2,(H,12,17)(H,13,14,15,16). The van der Waals surface area contributed by atoms with Crippen molar-refractivity contribution in [3.05, 3.63) is 47.8 Å². The van der Waals surface area contributed by atoms with E-state index < -0.39 is 0 Å². The summed E-state index contributed by atoms with van der Waals surface area (Å²) >= 11 is 0. The number of nitrogens with zero attached hydrogens (tertiary/aromatic N) is 3. The summed E-state index contributed by atoms with van der Waals surface area (Å²) in [5.74, 6) is 0.255. The summed E-state index contributed by atoms with van der Waals surface area (Å²) in [5, 5.41) is 15.8. The fraction of sp³-hybridized carbons (Fsp3) is 0.0909. The average Bonchev–Trinajstić information content (AvgIpc) is 2.88. The van der Waals surface area contributed by atoms with Crippen LogP contribution < -0.4 is 5.32 Å². The Kier molecular flexibility index (Phi) is 3.59. The van der Waals surface area contributed by atoms with Crippen LogP contribution in [0.3, 0.4) is 0 Å². The number of hydrogen-bond donors (Lipinski definition) is 2. The van der Waals surface area contributed by atoms with Crippen LogP contribution in [0, 0.1) is 0 Å². The number of hydrogen-bond acceptors (Lipinski definition) is 4. The van der Waals surface area contributed by atoms with Crippen LogP contribution in [0.4, 0.5) is 0 Å². The maximum Gasteiger partial charge on any atom is 0.244 e. The van der Waals surface area contributed by atoms with Crippen molar-refractivity contribution in [1.29, 1.82) is 0 Å². The molecule has 86 valence electrons. The number of tetrazole rings is 1. The highest BCUT2D eigenvalue weighted by molar-refractivity contribution is 5.91. The fourth-order valence-corrected chi connectivity index (χ4v) is 1.22. The van der Waals surface area contributed by atoms with Gasteiger partial charge in [-0.25, -0.2) is 0 Å². The predicted molar refractivity (Wildman–Crippen MR) is 61.5 cm³/mol. The van der Waals surface area contributed by atoms with Crippen molar-refractivity contribution in [3.8, 4) is 0 Å². The van der Waals surface area contributed by atoms with Gasteiger partial charge in [0.15, 0.2) is 5.82 Å². The summed E-state index contributed by atoms with van der Waals surface area (Å²) in [6, 6.07) is 9.59. The molecule has 0 saturated heterocycles. The third kappa shape index (κ3) is 3.53. The summed E-state index contributed by atoms with van der Waals surface area (Å²) in [6.07, 6.45) is 3.21. The first-order chi connectivity index (χ1) is 8.34. The van der Waals surface area contributed by atoms with Crippen LogP contribution >= 0.6 is 0 Å². The van der Waals surface area contributed by atoms with Crippen LogP contribution in [0.2, 0.25) is 0 Å². The van der Waals surface area contributed by atoms with Gasteiger partial charge in [-0.15, -0.1) is 10.2 Å². The zero-order chi connectivity index (χ0) is 11.9. The SMILES string of the molecule is O=C(C=Cc1ccccc1)NCc1nn[nH]n1. The summed E-state index contributed by atoms with van der Waals surface area (Å²) in [7, 11) is 0. The van der Waals surface area contributed by atoms with E-state index in [-0.39, 0.29) is 12.5 Å². The maximum absolute atomic E-state index is 11.4. The lowest BCUT2D eigenvalue weighted by atomic mass is 10.2. The zero-order valence-electron chi connectivity index (χ0n) is 9.00. The van der Waals surface area contributed by atoms with Gasteiger partial charge in [-0.1, -0.05) is 35.5 Å². The van der Waals surface area contributed by atoms with Crippen molar-refractivity contribution in [1.82, 2.24) is 25.9 Å². The number of rotatable bonds is 4. The van der Waals surface area contributed by atoms with Crippen LogP contribution in [-0.2, 0) is 11.3 Å². The molecular formula is C11H11N5O. The van der Waals surface area contributed by atoms with Crippen LogP contribution in [0.1, 0.15) is 11.4 Å². The molecule has 6 heteroatoms. The fourth-order valence-electron chi connectivity index (χ4n) is 1.22. The lowest BCUT2D eigenvalue weighted by Crippen LogP contribution is -2.20. The van der Waals surface area contributed by atoms with Gasteiger partial charge in [0.05, 0.1) is 6.54 Å². The summed E-state index contributed by atoms with van der Waals surface area (Å²) in [5.41, 5.74) is 0.974. The molecule has 1 amide bonds. The summed E-state index contributed by atoms with van der Waals surface area (Å²) < 4.78 is 0. The molecule has 1 aromatic heterocycles. The molecule has 2 aromatic rings. The topological polar surface area (TPSA) is 83.6 Å². The van der Waals surface area contributed by atoms with Crippen LogP contribution in [0.5, 0.6) is 0 Å². The molecule has 0 unspecified atom stereocenters. The Morgan fingerprint density at radius 1 is 1.35 bits per heavy atom. The molecule has 0 spiro atoms. The second-order valence-corrected chi connectivity index (χ2v) is 3.29. The van der Waals surface area contributed by atoms with E-state index in [2.05, 4.69) is 25.9 Å². The zero-order valence-corrected chi connectivity index (χ0v) is 9.00. The Labute approximate surface area is 97.7 Å². The smallest absolute Gasteiger partial charge is 0.244 e. The van der Waals surface area contributed by atoms with Gasteiger partial charge < -0.3 is 5.32 Å². The number of aromatic nitrogens is 4. The molecule has 1 heterocycles. The minimum absolute atomic E-state index is 0.196. The molecule has 2 rings (SSSR count). The van der Waals surface area contributed by atoms with E-state index >= 15 is 0 Å². The van der Waals surface area contributed by atoms with Crippen LogP contribution in [0.15, 0.2) is 36.4 Å². The highest BCUT2D eigenvalue weighted by Gasteiger charge is 1.99. The number of H-pyrrole nitrogens is 1. The third-order valence-electron chi connectivity index (χ3n) is 2.04. The normalized spacial score (nSPS) is 10.6. The Bertz CT molecular complexity index is 492. The molecule has 2 N–H and O–H groups in total. The highest BCUT2D eigenvalue weighted by atomic mass is 16.1. The molecule has 1 aromatic carbocycles. The van der Waals surface area contributed by atoms with E-state index in [1.54, 1.807) is 6.08 Å². The van der Waals surface area contributed by atoms with Crippen molar-refractivity contribution in [2.24, 2.45) is 0 Å². The van der Waals surface area contributed by atoms with Gasteiger partial charge >= 0.3 is 0 Å². The number of aromatic amines is 1. The number of carbonyl (C=O) groups is 1. The molecule has 0 aliphatic heterocycles. The van der Waals surface area contributed by atoms with Crippen molar-refractivity contribution in [3.63, 3.8) is 0 Å². The lowest BCUT2D eigenvalue weighted by molar-refractivity contribution is -0.116. The summed E-state index contributed by atoms with van der Waals surface area (Å²) in [6.45, 7) is 0.258. The van der Waals surface area contributed by atoms with Crippen molar-refractivity contribution >= 4 is 12.0 Å². The van der Waals surface area contributed by atoms with E-state index in [1.165, 1.54) is 6.08 Å². The molecule has 6 nitrogen and oxygen atoms in total. The number of nitrogens with one attached hydrogen (secondary N) is 2. The van der Waals surface area contributed by atoms with E-state index in [4.69, 9.17) is 0 Å². The third-order valence-corrected chi connectivity index (χ3v) is 2.04. The minimum atomic E-state index is -0.196. The number of benzene rings is 1. The maximum atomic E-state index is 11.4. The van der Waals surface area contributed by atoms with Crippen molar-refractivity contribution in [2.75, 3.05) is 0 Å². The van der Waals surface area contributed by atoms with E-state index in [0.717, 1.165) is 5.56 Å². The first-order valence-electron chi connectivity index (χ1n) is 5.08. The van der Waals surface area contributed by atoms with Crippen LogP contribution in [0.25, 0.3) is 6.08 Å². The Morgan fingerprint density at radius 2 is 2.18 bits per heavy atom. The monoisotopic (exact) mass is 229 g/mol. The Morgan fingerprint density at radius 3 is 2.88 bits per heavy atom. The molecule has 0 fully saturated rings. The molecule has 0 aliphatic carbocycles. The van der Waals surface area contributed by atoms with Gasteiger partial charge in [0.1, 0.15) is 0 Å². The van der Waals surface area contributed by atoms with E-state index in [0.29, 0.717) is 5.82 Å². The van der Waals surface area contributed by atoms with Gasteiger partial charge in [-0.3, -0.25) is 4.79 Å². The van der Waals surface area contributed by atoms with Gasteiger partial charge in [-0.2, -0.15) is 5.21 Å². The molecule has 0 bridgehead atoms. The molecular weight excluding hydrogens is 218 g/mol.